The van der Waals surface area contributed by atoms with Gasteiger partial charge in [0.15, 0.2) is 5.13 Å². The Morgan fingerprint density at radius 1 is 1.33 bits per heavy atom. The van der Waals surface area contributed by atoms with E-state index >= 15 is 0 Å². The molecular formula is C17H20N2O2S3. The van der Waals surface area contributed by atoms with E-state index in [4.69, 9.17) is 9.72 Å². The lowest BCUT2D eigenvalue weighted by molar-refractivity contribution is -0.118. The average molecular weight is 381 g/mol. The maximum atomic E-state index is 13.2. The Balaban J connectivity index is 1.61. The van der Waals surface area contributed by atoms with Crippen molar-refractivity contribution in [1.82, 2.24) is 4.98 Å². The van der Waals surface area contributed by atoms with Crippen LogP contribution in [0.15, 0.2) is 24.3 Å². The molecule has 2 atom stereocenters. The molecule has 24 heavy (non-hydrogen) atoms. The first kappa shape index (κ1) is 16.7. The molecule has 2 aliphatic heterocycles. The number of benzene rings is 1. The van der Waals surface area contributed by atoms with E-state index in [0.717, 1.165) is 52.1 Å². The molecule has 0 bridgehead atoms. The first-order valence-corrected chi connectivity index (χ1v) is 11.3. The summed E-state index contributed by atoms with van der Waals surface area (Å²) in [5.74, 6) is 3.29. The number of carbonyl (C=O) groups is 1. The molecule has 0 aliphatic carbocycles. The number of hydrogen-bond acceptors (Lipinski definition) is 6. The number of hydrogen-bond donors (Lipinski definition) is 0. The van der Waals surface area contributed by atoms with E-state index in [2.05, 4.69) is 6.07 Å². The first-order valence-electron chi connectivity index (χ1n) is 8.29. The van der Waals surface area contributed by atoms with E-state index in [1.165, 1.54) is 0 Å². The molecule has 2 aliphatic rings. The molecule has 2 saturated heterocycles. The maximum absolute atomic E-state index is 13.2. The van der Waals surface area contributed by atoms with Gasteiger partial charge in [-0.15, -0.1) is 11.8 Å². The van der Waals surface area contributed by atoms with E-state index < -0.39 is 0 Å². The molecule has 4 rings (SSSR count). The van der Waals surface area contributed by atoms with Crippen molar-refractivity contribution in [2.24, 2.45) is 0 Å². The molecule has 0 saturated carbocycles. The first-order chi connectivity index (χ1) is 11.8. The van der Waals surface area contributed by atoms with E-state index in [1.807, 2.05) is 34.9 Å². The largest absolute Gasteiger partial charge is 0.376 e. The number of thiazole rings is 1. The second-order valence-electron chi connectivity index (χ2n) is 5.98. The van der Waals surface area contributed by atoms with Crippen LogP contribution in [0.1, 0.15) is 12.8 Å². The molecule has 2 aromatic rings. The Morgan fingerprint density at radius 2 is 2.25 bits per heavy atom. The van der Waals surface area contributed by atoms with Crippen LogP contribution >= 0.6 is 34.9 Å². The predicted molar refractivity (Wildman–Crippen MR) is 105 cm³/mol. The number of amides is 1. The smallest absolute Gasteiger partial charge is 0.242 e. The summed E-state index contributed by atoms with van der Waals surface area (Å²) in [6.07, 6.45) is 2.25. The molecule has 0 spiro atoms. The Bertz CT molecular complexity index is 676. The minimum atomic E-state index is 0.0390. The summed E-state index contributed by atoms with van der Waals surface area (Å²) >= 11 is 5.26. The van der Waals surface area contributed by atoms with Gasteiger partial charge in [-0.05, 0) is 25.0 Å². The summed E-state index contributed by atoms with van der Waals surface area (Å²) in [5.41, 5.74) is 0.966. The van der Waals surface area contributed by atoms with E-state index in [1.54, 1.807) is 23.1 Å². The molecule has 128 valence electrons. The van der Waals surface area contributed by atoms with Crippen LogP contribution in [0.2, 0.25) is 0 Å². The van der Waals surface area contributed by atoms with Crippen LogP contribution in [0.3, 0.4) is 0 Å². The van der Waals surface area contributed by atoms with Crippen molar-refractivity contribution < 1.29 is 9.53 Å². The van der Waals surface area contributed by atoms with Crippen molar-refractivity contribution in [3.63, 3.8) is 0 Å². The van der Waals surface area contributed by atoms with Gasteiger partial charge in [0.1, 0.15) is 0 Å². The lowest BCUT2D eigenvalue weighted by Crippen LogP contribution is -2.44. The van der Waals surface area contributed by atoms with Gasteiger partial charge in [0.05, 0.1) is 28.1 Å². The Morgan fingerprint density at radius 3 is 3.00 bits per heavy atom. The molecule has 1 amide bonds. The van der Waals surface area contributed by atoms with Crippen LogP contribution in [0.4, 0.5) is 5.13 Å². The van der Waals surface area contributed by atoms with Crippen molar-refractivity contribution in [3.05, 3.63) is 24.3 Å². The Hall–Kier alpha value is -0.760. The molecule has 3 heterocycles. The number of carbonyl (C=O) groups excluding carboxylic acids is 1. The van der Waals surface area contributed by atoms with Gasteiger partial charge in [0, 0.05) is 23.9 Å². The van der Waals surface area contributed by atoms with Gasteiger partial charge >= 0.3 is 0 Å². The fraction of sp³-hybridized carbons (Fsp3) is 0.529. The van der Waals surface area contributed by atoms with Crippen LogP contribution in [0, 0.1) is 0 Å². The van der Waals surface area contributed by atoms with E-state index in [9.17, 15) is 4.79 Å². The van der Waals surface area contributed by atoms with Crippen molar-refractivity contribution >= 4 is 56.1 Å². The van der Waals surface area contributed by atoms with E-state index in [-0.39, 0.29) is 17.3 Å². The zero-order valence-electron chi connectivity index (χ0n) is 13.3. The van der Waals surface area contributed by atoms with Gasteiger partial charge in [-0.1, -0.05) is 23.5 Å². The lowest BCUT2D eigenvalue weighted by Gasteiger charge is -2.28. The van der Waals surface area contributed by atoms with Crippen LogP contribution in [0.5, 0.6) is 0 Å². The molecule has 2 unspecified atom stereocenters. The zero-order chi connectivity index (χ0) is 16.4. The molecule has 2 fully saturated rings. The van der Waals surface area contributed by atoms with E-state index in [0.29, 0.717) is 6.54 Å². The van der Waals surface area contributed by atoms with Crippen molar-refractivity contribution in [2.75, 3.05) is 35.3 Å². The van der Waals surface area contributed by atoms with Gasteiger partial charge in [-0.25, -0.2) is 4.98 Å². The van der Waals surface area contributed by atoms with Crippen LogP contribution < -0.4 is 4.90 Å². The number of nitrogens with zero attached hydrogens (tertiary/aromatic N) is 2. The summed E-state index contributed by atoms with van der Waals surface area (Å²) < 4.78 is 6.92. The number of anilines is 1. The highest BCUT2D eigenvalue weighted by molar-refractivity contribution is 8.07. The van der Waals surface area contributed by atoms with Gasteiger partial charge in [0.25, 0.3) is 0 Å². The minimum absolute atomic E-state index is 0.0390. The van der Waals surface area contributed by atoms with Gasteiger partial charge in [0.2, 0.25) is 5.91 Å². The van der Waals surface area contributed by atoms with Crippen LogP contribution in [-0.2, 0) is 9.53 Å². The van der Waals surface area contributed by atoms with Crippen LogP contribution in [-0.4, -0.2) is 52.7 Å². The molecule has 0 N–H and O–H groups in total. The predicted octanol–water partition coefficient (Wildman–Crippen LogP) is 3.66. The Labute approximate surface area is 154 Å². The quantitative estimate of drug-likeness (QED) is 0.810. The SMILES string of the molecule is O=C(C1CSCCS1)N(CC1CCCO1)c1nc2ccccc2s1. The fourth-order valence-corrected chi connectivity index (χ4v) is 6.62. The topological polar surface area (TPSA) is 42.4 Å². The number of ether oxygens (including phenoxy) is 1. The van der Waals surface area contributed by atoms with Crippen LogP contribution in [0.25, 0.3) is 10.2 Å². The molecular weight excluding hydrogens is 360 g/mol. The van der Waals surface area contributed by atoms with Gasteiger partial charge < -0.3 is 4.74 Å². The number of thioether (sulfide) groups is 2. The van der Waals surface area contributed by atoms with Crippen molar-refractivity contribution in [3.8, 4) is 0 Å². The monoisotopic (exact) mass is 380 g/mol. The number of para-hydroxylation sites is 1. The number of aromatic nitrogens is 1. The minimum Gasteiger partial charge on any atom is -0.376 e. The van der Waals surface area contributed by atoms with Gasteiger partial charge in [-0.2, -0.15) is 11.8 Å². The lowest BCUT2D eigenvalue weighted by atomic mass is 10.2. The Kier molecular flexibility index (Phi) is 5.31. The van der Waals surface area contributed by atoms with Crippen molar-refractivity contribution in [2.45, 2.75) is 24.2 Å². The third kappa shape index (κ3) is 3.59. The summed E-state index contributed by atoms with van der Waals surface area (Å²) in [6.45, 7) is 1.43. The summed E-state index contributed by atoms with van der Waals surface area (Å²) in [6, 6.07) is 8.08. The second kappa shape index (κ2) is 7.64. The maximum Gasteiger partial charge on any atom is 0.242 e. The summed E-state index contributed by atoms with van der Waals surface area (Å²) in [4.78, 5) is 19.8. The third-order valence-corrected chi connectivity index (χ3v) is 8.08. The van der Waals surface area contributed by atoms with Crippen molar-refractivity contribution in [1.29, 1.82) is 0 Å². The molecule has 1 aromatic heterocycles. The zero-order valence-corrected chi connectivity index (χ0v) is 15.8. The summed E-state index contributed by atoms with van der Waals surface area (Å²) in [7, 11) is 0. The highest BCUT2D eigenvalue weighted by Crippen LogP contribution is 2.33. The number of rotatable bonds is 4. The third-order valence-electron chi connectivity index (χ3n) is 4.28. The van der Waals surface area contributed by atoms with Gasteiger partial charge in [-0.3, -0.25) is 9.69 Å². The molecule has 1 aromatic carbocycles. The highest BCUT2D eigenvalue weighted by Gasteiger charge is 2.32. The number of fused-ring (bicyclic) bond motifs is 1. The standard InChI is InChI=1S/C17H20N2O2S3/c20-16(15-11-22-8-9-23-15)19(10-12-4-3-7-21-12)17-18-13-5-1-2-6-14(13)24-17/h1-2,5-6,12,15H,3-4,7-11H2. The molecule has 0 radical (unpaired) electrons. The fourth-order valence-electron chi connectivity index (χ4n) is 3.03. The molecule has 7 heteroatoms. The second-order valence-corrected chi connectivity index (χ2v) is 9.45. The normalized spacial score (nSPS) is 24.3. The molecule has 4 nitrogen and oxygen atoms in total. The summed E-state index contributed by atoms with van der Waals surface area (Å²) in [5, 5.41) is 0.852. The highest BCUT2D eigenvalue weighted by atomic mass is 32.2. The average Bonchev–Trinajstić information content (AvgIpc) is 3.29.